The van der Waals surface area contributed by atoms with E-state index < -0.39 is 11.8 Å². The van der Waals surface area contributed by atoms with E-state index in [1.165, 1.54) is 18.3 Å². The first kappa shape index (κ1) is 25.9. The summed E-state index contributed by atoms with van der Waals surface area (Å²) in [6.07, 6.45) is 0.559. The van der Waals surface area contributed by atoms with Crippen LogP contribution < -0.4 is 20.4 Å². The van der Waals surface area contributed by atoms with Crippen LogP contribution in [0.5, 0.6) is 0 Å². The van der Waals surface area contributed by atoms with Gasteiger partial charge in [-0.25, -0.2) is 0 Å². The lowest BCUT2D eigenvalue weighted by atomic mass is 10.1. The second-order valence-corrected chi connectivity index (χ2v) is 9.84. The molecule has 9 heteroatoms. The zero-order valence-electron chi connectivity index (χ0n) is 20.9. The summed E-state index contributed by atoms with van der Waals surface area (Å²) < 4.78 is 0. The van der Waals surface area contributed by atoms with Crippen molar-refractivity contribution < 1.29 is 14.4 Å². The summed E-state index contributed by atoms with van der Waals surface area (Å²) in [5.41, 5.74) is 3.30. The number of thiophene rings is 1. The van der Waals surface area contributed by atoms with Gasteiger partial charge >= 0.3 is 0 Å². The van der Waals surface area contributed by atoms with Gasteiger partial charge in [-0.15, -0.1) is 11.3 Å². The highest BCUT2D eigenvalue weighted by Crippen LogP contribution is 2.41. The lowest BCUT2D eigenvalue weighted by Crippen LogP contribution is -2.46. The Morgan fingerprint density at radius 1 is 0.946 bits per heavy atom. The number of carbonyl (C=O) groups is 3. The van der Waals surface area contributed by atoms with E-state index in [2.05, 4.69) is 45.6 Å². The van der Waals surface area contributed by atoms with Gasteiger partial charge in [0.25, 0.3) is 5.91 Å². The summed E-state index contributed by atoms with van der Waals surface area (Å²) in [5, 5.41) is 16.3. The molecule has 0 aliphatic carbocycles. The number of carbonyl (C=O) groups excluding carboxylic acids is 3. The first-order chi connectivity index (χ1) is 17.9. The minimum absolute atomic E-state index is 0.155. The van der Waals surface area contributed by atoms with Crippen molar-refractivity contribution in [3.05, 3.63) is 70.6 Å². The highest BCUT2D eigenvalue weighted by atomic mass is 32.1. The van der Waals surface area contributed by atoms with Crippen LogP contribution in [0.25, 0.3) is 0 Å². The van der Waals surface area contributed by atoms with Crippen LogP contribution in [0.1, 0.15) is 41.1 Å². The van der Waals surface area contributed by atoms with Crippen LogP contribution in [0.15, 0.2) is 54.6 Å². The Hall–Kier alpha value is -4.16. The predicted molar refractivity (Wildman–Crippen MR) is 148 cm³/mol. The molecular formula is C28H29N5O3S. The minimum Gasteiger partial charge on any atom is -0.368 e. The van der Waals surface area contributed by atoms with Gasteiger partial charge in [-0.1, -0.05) is 37.3 Å². The SMILES string of the molecule is CCc1ccc(NC(=O)c2sc(N3CCN(c4ccccc4)CC3)c(C#N)c2NC(=O)CC(C)=O)cc1. The number of benzene rings is 2. The predicted octanol–water partition coefficient (Wildman–Crippen LogP) is 4.68. The molecule has 37 heavy (non-hydrogen) atoms. The number of piperazine rings is 1. The Labute approximate surface area is 220 Å². The van der Waals surface area contributed by atoms with Gasteiger partial charge < -0.3 is 20.4 Å². The Balaban J connectivity index is 1.61. The van der Waals surface area contributed by atoms with Crippen LogP contribution in [-0.2, 0) is 16.0 Å². The van der Waals surface area contributed by atoms with Crippen molar-refractivity contribution >= 4 is 51.0 Å². The standard InChI is InChI=1S/C28H29N5O3S/c1-3-20-9-11-21(12-10-20)30-27(36)26-25(31-24(35)17-19(2)34)23(18-29)28(37-26)33-15-13-32(14-16-33)22-7-5-4-6-8-22/h4-12H,3,13-17H2,1-2H3,(H,30,36)(H,31,35). The fourth-order valence-electron chi connectivity index (χ4n) is 4.25. The second-order valence-electron chi connectivity index (χ2n) is 8.84. The lowest BCUT2D eigenvalue weighted by Gasteiger charge is -2.36. The van der Waals surface area contributed by atoms with Gasteiger partial charge in [0.05, 0.1) is 12.1 Å². The molecule has 0 radical (unpaired) electrons. The van der Waals surface area contributed by atoms with Gasteiger partial charge in [-0.2, -0.15) is 5.26 Å². The highest BCUT2D eigenvalue weighted by molar-refractivity contribution is 7.19. The van der Waals surface area contributed by atoms with Crippen LogP contribution in [0, 0.1) is 11.3 Å². The summed E-state index contributed by atoms with van der Waals surface area (Å²) in [4.78, 5) is 41.9. The molecule has 1 aliphatic rings. The number of amides is 2. The van der Waals surface area contributed by atoms with Gasteiger partial charge in [0.2, 0.25) is 5.91 Å². The van der Waals surface area contributed by atoms with Crippen LogP contribution in [-0.4, -0.2) is 43.8 Å². The molecule has 2 heterocycles. The van der Waals surface area contributed by atoms with Crippen molar-refractivity contribution in [2.45, 2.75) is 26.7 Å². The van der Waals surface area contributed by atoms with Crippen molar-refractivity contribution in [3.8, 4) is 6.07 Å². The molecule has 3 aromatic rings. The highest BCUT2D eigenvalue weighted by Gasteiger charge is 2.29. The first-order valence-corrected chi connectivity index (χ1v) is 13.0. The zero-order valence-corrected chi connectivity index (χ0v) is 21.7. The van der Waals surface area contributed by atoms with E-state index in [1.807, 2.05) is 42.5 Å². The van der Waals surface area contributed by atoms with Crippen molar-refractivity contribution in [1.82, 2.24) is 0 Å². The Morgan fingerprint density at radius 2 is 1.59 bits per heavy atom. The Bertz CT molecular complexity index is 1320. The summed E-state index contributed by atoms with van der Waals surface area (Å²) in [6, 6.07) is 19.9. The minimum atomic E-state index is -0.552. The van der Waals surface area contributed by atoms with Crippen molar-refractivity contribution in [2.24, 2.45) is 0 Å². The molecule has 2 aromatic carbocycles. The molecule has 1 saturated heterocycles. The summed E-state index contributed by atoms with van der Waals surface area (Å²) in [5.74, 6) is -1.27. The number of rotatable bonds is 8. The van der Waals surface area contributed by atoms with E-state index in [4.69, 9.17) is 0 Å². The molecule has 2 amide bonds. The monoisotopic (exact) mass is 515 g/mol. The molecule has 2 N–H and O–H groups in total. The fourth-order valence-corrected chi connectivity index (χ4v) is 5.41. The van der Waals surface area contributed by atoms with Gasteiger partial charge in [0, 0.05) is 37.6 Å². The van der Waals surface area contributed by atoms with Crippen LogP contribution in [0.4, 0.5) is 22.1 Å². The maximum atomic E-state index is 13.3. The van der Waals surface area contributed by atoms with Gasteiger partial charge in [0.15, 0.2) is 0 Å². The van der Waals surface area contributed by atoms with Crippen LogP contribution in [0.3, 0.4) is 0 Å². The molecule has 0 bridgehead atoms. The van der Waals surface area contributed by atoms with Crippen LogP contribution in [0.2, 0.25) is 0 Å². The van der Waals surface area contributed by atoms with Crippen LogP contribution >= 0.6 is 11.3 Å². The molecule has 190 valence electrons. The average Bonchev–Trinajstić information content (AvgIpc) is 3.27. The van der Waals surface area contributed by atoms with E-state index in [1.54, 1.807) is 0 Å². The number of para-hydroxylation sites is 1. The zero-order chi connectivity index (χ0) is 26.4. The normalized spacial score (nSPS) is 13.1. The number of nitrogens with zero attached hydrogens (tertiary/aromatic N) is 3. The number of anilines is 4. The number of Topliss-reactive ketones (excluding diaryl/α,β-unsaturated/α-hetero) is 1. The molecule has 1 aromatic heterocycles. The molecular weight excluding hydrogens is 486 g/mol. The van der Waals surface area contributed by atoms with Crippen molar-refractivity contribution in [3.63, 3.8) is 0 Å². The number of hydrogen-bond donors (Lipinski definition) is 2. The third kappa shape index (κ3) is 6.16. The summed E-state index contributed by atoms with van der Waals surface area (Å²) >= 11 is 1.18. The summed E-state index contributed by atoms with van der Waals surface area (Å²) in [6.45, 7) is 6.20. The number of nitrogens with one attached hydrogen (secondary N) is 2. The maximum absolute atomic E-state index is 13.3. The first-order valence-electron chi connectivity index (χ1n) is 12.2. The molecule has 4 rings (SSSR count). The lowest BCUT2D eigenvalue weighted by molar-refractivity contribution is -0.124. The Morgan fingerprint density at radius 3 is 2.19 bits per heavy atom. The number of nitriles is 1. The van der Waals surface area contributed by atoms with Gasteiger partial charge in [-0.05, 0) is 43.2 Å². The van der Waals surface area contributed by atoms with Gasteiger partial charge in [0.1, 0.15) is 27.3 Å². The molecule has 0 spiro atoms. The van der Waals surface area contributed by atoms with E-state index in [0.29, 0.717) is 23.8 Å². The summed E-state index contributed by atoms with van der Waals surface area (Å²) in [7, 11) is 0. The average molecular weight is 516 g/mol. The second kappa shape index (κ2) is 11.7. The van der Waals surface area contributed by atoms with E-state index in [-0.39, 0.29) is 28.3 Å². The topological polar surface area (TPSA) is 106 Å². The number of aryl methyl sites for hydroxylation is 1. The van der Waals surface area contributed by atoms with E-state index in [0.717, 1.165) is 30.8 Å². The van der Waals surface area contributed by atoms with Crippen molar-refractivity contribution in [2.75, 3.05) is 46.6 Å². The number of hydrogen-bond acceptors (Lipinski definition) is 7. The molecule has 0 atom stereocenters. The molecule has 0 unspecified atom stereocenters. The number of ketones is 1. The van der Waals surface area contributed by atoms with Gasteiger partial charge in [-0.3, -0.25) is 14.4 Å². The molecule has 0 saturated carbocycles. The Kier molecular flexibility index (Phi) is 8.21. The third-order valence-electron chi connectivity index (χ3n) is 6.19. The molecule has 8 nitrogen and oxygen atoms in total. The van der Waals surface area contributed by atoms with E-state index in [9.17, 15) is 19.6 Å². The molecule has 1 fully saturated rings. The quantitative estimate of drug-likeness (QED) is 0.422. The van der Waals surface area contributed by atoms with Crippen molar-refractivity contribution in [1.29, 1.82) is 5.26 Å². The maximum Gasteiger partial charge on any atom is 0.268 e. The largest absolute Gasteiger partial charge is 0.368 e. The smallest absolute Gasteiger partial charge is 0.268 e. The molecule has 1 aliphatic heterocycles. The third-order valence-corrected chi connectivity index (χ3v) is 7.44. The van der Waals surface area contributed by atoms with E-state index >= 15 is 0 Å². The fraction of sp³-hybridized carbons (Fsp3) is 0.286.